The molecule has 0 aliphatic heterocycles. The van der Waals surface area contributed by atoms with Crippen LogP contribution in [0.3, 0.4) is 0 Å². The summed E-state index contributed by atoms with van der Waals surface area (Å²) < 4.78 is 0. The molecule has 4 aliphatic carbocycles. The summed E-state index contributed by atoms with van der Waals surface area (Å²) in [6.45, 7) is 2.10. The van der Waals surface area contributed by atoms with E-state index in [1.165, 1.54) is 44.1 Å². The van der Waals surface area contributed by atoms with Crippen LogP contribution in [0.5, 0.6) is 0 Å². The van der Waals surface area contributed by atoms with Crippen molar-refractivity contribution in [2.45, 2.75) is 51.0 Å². The van der Waals surface area contributed by atoms with E-state index in [1.54, 1.807) is 6.07 Å². The Morgan fingerprint density at radius 2 is 1.43 bits per heavy atom. The molecule has 0 N–H and O–H groups in total. The molecule has 4 saturated carbocycles. The lowest BCUT2D eigenvalue weighted by Crippen LogP contribution is -2.52. The van der Waals surface area contributed by atoms with Crippen LogP contribution in [0.1, 0.15) is 44.1 Å². The number of rotatable bonds is 3. The van der Waals surface area contributed by atoms with Gasteiger partial charge in [-0.05, 0) is 81.4 Å². The van der Waals surface area contributed by atoms with Gasteiger partial charge in [0.1, 0.15) is 11.4 Å². The predicted molar refractivity (Wildman–Crippen MR) is 122 cm³/mol. The van der Waals surface area contributed by atoms with Crippen LogP contribution in [0.15, 0.2) is 42.5 Å². The quantitative estimate of drug-likeness (QED) is 0.435. The van der Waals surface area contributed by atoms with Gasteiger partial charge in [0.2, 0.25) is 0 Å². The summed E-state index contributed by atoms with van der Waals surface area (Å²) in [5, 5.41) is 11.5. The highest BCUT2D eigenvalue weighted by atomic mass is 35.5. The second-order valence-corrected chi connectivity index (χ2v) is 10.7. The molecule has 0 saturated heterocycles. The van der Waals surface area contributed by atoms with Crippen molar-refractivity contribution in [3.05, 3.63) is 58.1 Å². The van der Waals surface area contributed by atoms with Gasteiger partial charge in [0.25, 0.3) is 0 Å². The third kappa shape index (κ3) is 3.01. The van der Waals surface area contributed by atoms with Crippen molar-refractivity contribution in [1.82, 2.24) is 15.0 Å². The molecule has 0 unspecified atom stereocenters. The fourth-order valence-corrected chi connectivity index (χ4v) is 7.10. The summed E-state index contributed by atoms with van der Waals surface area (Å²) in [7, 11) is 0. The molecule has 3 aromatic rings. The minimum absolute atomic E-state index is 0.0748. The van der Waals surface area contributed by atoms with Crippen LogP contribution in [0.4, 0.5) is 0 Å². The maximum absolute atomic E-state index is 6.62. The van der Waals surface area contributed by atoms with Crippen molar-refractivity contribution >= 4 is 23.2 Å². The maximum atomic E-state index is 6.62. The van der Waals surface area contributed by atoms with Crippen LogP contribution in [-0.4, -0.2) is 15.0 Å². The molecule has 4 aliphatic rings. The monoisotopic (exact) mass is 437 g/mol. The number of hydrogen-bond acceptors (Lipinski definition) is 2. The van der Waals surface area contributed by atoms with Gasteiger partial charge in [-0.15, -0.1) is 0 Å². The molecule has 1 heterocycles. The zero-order valence-electron chi connectivity index (χ0n) is 17.1. The van der Waals surface area contributed by atoms with Crippen LogP contribution in [0.2, 0.25) is 10.0 Å². The van der Waals surface area contributed by atoms with Crippen LogP contribution >= 0.6 is 23.2 Å². The van der Waals surface area contributed by atoms with E-state index >= 15 is 0 Å². The van der Waals surface area contributed by atoms with Crippen LogP contribution in [0.25, 0.3) is 22.5 Å². The number of benzene rings is 2. The highest BCUT2D eigenvalue weighted by Gasteiger charge is 2.53. The van der Waals surface area contributed by atoms with Crippen molar-refractivity contribution in [1.29, 1.82) is 0 Å². The Kier molecular flexibility index (Phi) is 4.30. The van der Waals surface area contributed by atoms with Gasteiger partial charge < -0.3 is 0 Å². The smallest absolute Gasteiger partial charge is 0.122 e. The van der Waals surface area contributed by atoms with Crippen molar-refractivity contribution < 1.29 is 0 Å². The lowest BCUT2D eigenvalue weighted by Gasteiger charge is -2.55. The van der Waals surface area contributed by atoms with E-state index in [0.29, 0.717) is 10.0 Å². The second kappa shape index (κ2) is 6.83. The van der Waals surface area contributed by atoms with Gasteiger partial charge in [0, 0.05) is 16.1 Å². The largest absolute Gasteiger partial charge is 0.177 e. The van der Waals surface area contributed by atoms with Gasteiger partial charge in [-0.3, -0.25) is 0 Å². The Balaban J connectivity index is 1.52. The lowest BCUT2D eigenvalue weighted by molar-refractivity contribution is -0.0565. The highest BCUT2D eigenvalue weighted by molar-refractivity contribution is 6.36. The molecule has 4 fully saturated rings. The van der Waals surface area contributed by atoms with E-state index in [-0.39, 0.29) is 5.54 Å². The summed E-state index contributed by atoms with van der Waals surface area (Å²) >= 11 is 12.8. The van der Waals surface area contributed by atoms with Gasteiger partial charge in [-0.25, -0.2) is 0 Å². The molecule has 2 aromatic carbocycles. The van der Waals surface area contributed by atoms with Crippen molar-refractivity contribution in [2.75, 3.05) is 0 Å². The van der Waals surface area contributed by atoms with Gasteiger partial charge in [0.05, 0.1) is 10.6 Å². The van der Waals surface area contributed by atoms with E-state index in [2.05, 4.69) is 36.0 Å². The van der Waals surface area contributed by atoms with Crippen LogP contribution in [0, 0.1) is 24.7 Å². The van der Waals surface area contributed by atoms with E-state index in [0.717, 1.165) is 40.3 Å². The van der Waals surface area contributed by atoms with E-state index in [9.17, 15) is 0 Å². The Bertz CT molecular complexity index is 1080. The fraction of sp³-hybridized carbons (Fsp3) is 0.440. The summed E-state index contributed by atoms with van der Waals surface area (Å²) in [6.07, 6.45) is 7.86. The third-order valence-corrected chi connectivity index (χ3v) is 8.10. The molecule has 0 amide bonds. The molecule has 5 heteroatoms. The van der Waals surface area contributed by atoms with Crippen LogP contribution < -0.4 is 0 Å². The number of nitrogens with zero attached hydrogens (tertiary/aromatic N) is 3. The standard InChI is InChI=1S/C25H25Cl2N3/c1-15-2-4-19(5-3-15)23-24(21-7-6-20(26)11-22(21)27)29-30(28-23)25-12-16-8-17(13-25)10-18(9-16)14-25/h2-7,11,16-18H,8-10,12-14H2,1H3. The minimum atomic E-state index is 0.0748. The molecule has 4 bridgehead atoms. The SMILES string of the molecule is Cc1ccc(-c2nn(C34CC5CC(CC(C5)C3)C4)nc2-c2ccc(Cl)cc2Cl)cc1. The van der Waals surface area contributed by atoms with Crippen molar-refractivity contribution in [2.24, 2.45) is 17.8 Å². The zero-order chi connectivity index (χ0) is 20.5. The van der Waals surface area contributed by atoms with Gasteiger partial charge >= 0.3 is 0 Å². The average Bonchev–Trinajstić information content (AvgIpc) is 3.13. The lowest BCUT2D eigenvalue weighted by atomic mass is 9.53. The highest BCUT2D eigenvalue weighted by Crippen LogP contribution is 2.58. The molecular weight excluding hydrogens is 413 g/mol. The topological polar surface area (TPSA) is 30.7 Å². The Morgan fingerprint density at radius 3 is 2.03 bits per heavy atom. The molecular formula is C25H25Cl2N3. The van der Waals surface area contributed by atoms with Gasteiger partial charge in [-0.2, -0.15) is 15.0 Å². The normalized spacial score (nSPS) is 29.5. The first-order valence-electron chi connectivity index (χ1n) is 11.0. The minimum Gasteiger partial charge on any atom is -0.177 e. The first-order valence-corrected chi connectivity index (χ1v) is 11.7. The summed E-state index contributed by atoms with van der Waals surface area (Å²) in [6, 6.07) is 14.2. The average molecular weight is 438 g/mol. The van der Waals surface area contributed by atoms with Crippen LogP contribution in [-0.2, 0) is 5.54 Å². The van der Waals surface area contributed by atoms with Gasteiger partial charge in [-0.1, -0.05) is 53.0 Å². The molecule has 7 rings (SSSR count). The summed E-state index contributed by atoms with van der Waals surface area (Å²) in [5.41, 5.74) is 5.06. The molecule has 30 heavy (non-hydrogen) atoms. The third-order valence-electron chi connectivity index (χ3n) is 7.56. The number of hydrogen-bond donors (Lipinski definition) is 0. The maximum Gasteiger partial charge on any atom is 0.122 e. The number of halogens is 2. The first-order chi connectivity index (χ1) is 14.5. The molecule has 3 nitrogen and oxygen atoms in total. The first kappa shape index (κ1) is 18.9. The number of aryl methyl sites for hydroxylation is 1. The van der Waals surface area contributed by atoms with Gasteiger partial charge in [0.15, 0.2) is 0 Å². The van der Waals surface area contributed by atoms with E-state index < -0.39 is 0 Å². The summed E-state index contributed by atoms with van der Waals surface area (Å²) in [4.78, 5) is 2.09. The van der Waals surface area contributed by atoms with Crippen molar-refractivity contribution in [3.8, 4) is 22.5 Å². The molecule has 0 radical (unpaired) electrons. The molecule has 0 spiro atoms. The fourth-order valence-electron chi connectivity index (χ4n) is 6.60. The zero-order valence-corrected chi connectivity index (χ0v) is 18.6. The second-order valence-electron chi connectivity index (χ2n) is 9.82. The number of aromatic nitrogens is 3. The van der Waals surface area contributed by atoms with Crippen molar-refractivity contribution in [3.63, 3.8) is 0 Å². The molecule has 0 atom stereocenters. The molecule has 154 valence electrons. The molecule has 1 aromatic heterocycles. The Hall–Kier alpha value is -1.84. The Labute approximate surface area is 187 Å². The van der Waals surface area contributed by atoms with E-state index in [4.69, 9.17) is 33.4 Å². The Morgan fingerprint density at radius 1 is 0.833 bits per heavy atom. The predicted octanol–water partition coefficient (Wildman–Crippen LogP) is 7.15. The van der Waals surface area contributed by atoms with E-state index in [1.807, 2.05) is 12.1 Å². The summed E-state index contributed by atoms with van der Waals surface area (Å²) in [5.74, 6) is 2.52.